The summed E-state index contributed by atoms with van der Waals surface area (Å²) in [6.45, 7) is 3.92. The maximum absolute atomic E-state index is 14.0. The summed E-state index contributed by atoms with van der Waals surface area (Å²) in [5.74, 6) is -0.0491. The lowest BCUT2D eigenvalue weighted by Gasteiger charge is -2.27. The first kappa shape index (κ1) is 17.2. The van der Waals surface area contributed by atoms with Crippen molar-refractivity contribution in [1.29, 1.82) is 0 Å². The molecule has 0 bridgehead atoms. The van der Waals surface area contributed by atoms with E-state index in [1.54, 1.807) is 0 Å². The van der Waals surface area contributed by atoms with Gasteiger partial charge in [0.05, 0.1) is 13.2 Å². The van der Waals surface area contributed by atoms with Crippen LogP contribution in [0.25, 0.3) is 0 Å². The van der Waals surface area contributed by atoms with E-state index in [2.05, 4.69) is 0 Å². The summed E-state index contributed by atoms with van der Waals surface area (Å²) < 4.78 is 14.0. The molecule has 1 amide bonds. The fourth-order valence-corrected chi connectivity index (χ4v) is 3.04. The van der Waals surface area contributed by atoms with Crippen molar-refractivity contribution < 1.29 is 14.3 Å². The zero-order valence-electron chi connectivity index (χ0n) is 13.1. The fraction of sp³-hybridized carbons (Fsp3) is 0.588. The van der Waals surface area contributed by atoms with Crippen molar-refractivity contribution in [2.24, 2.45) is 5.41 Å². The molecule has 1 aromatic carbocycles. The van der Waals surface area contributed by atoms with E-state index in [9.17, 15) is 9.18 Å². The minimum atomic E-state index is -1.63. The molecular formula is C17H23ClFNO2. The number of carbonyl (C=O) groups is 1. The van der Waals surface area contributed by atoms with Crippen LogP contribution in [0.3, 0.4) is 0 Å². The number of nitrogens with zero attached hydrogens (tertiary/aromatic N) is 1. The van der Waals surface area contributed by atoms with Gasteiger partial charge in [-0.25, -0.2) is 4.39 Å². The first-order chi connectivity index (χ1) is 10.2. The highest BCUT2D eigenvalue weighted by Crippen LogP contribution is 2.30. The minimum Gasteiger partial charge on any atom is -0.393 e. The summed E-state index contributed by atoms with van der Waals surface area (Å²) in [7, 11) is 0. The number of amides is 1. The number of alkyl halides is 1. The topological polar surface area (TPSA) is 40.5 Å². The number of halogens is 2. The number of benzene rings is 1. The maximum atomic E-state index is 14.0. The first-order valence-corrected chi connectivity index (χ1v) is 7.93. The maximum Gasteiger partial charge on any atom is 0.223 e. The molecule has 0 spiro atoms. The molecule has 1 unspecified atom stereocenters. The van der Waals surface area contributed by atoms with Crippen molar-refractivity contribution in [3.63, 3.8) is 0 Å². The molecule has 1 heterocycles. The average Bonchev–Trinajstić information content (AvgIpc) is 2.84. The standard InChI is InChI=1S/C17H23ClFNO2/c1-16(2,9-13-3-5-14(18)6-4-13)10-15(22)20-8-7-17(19,11-20)12-21/h3-6,21H,7-12H2,1-2H3. The summed E-state index contributed by atoms with van der Waals surface area (Å²) in [5.41, 5.74) is -0.722. The molecule has 0 aromatic heterocycles. The molecule has 1 aliphatic rings. The van der Waals surface area contributed by atoms with E-state index in [1.807, 2.05) is 38.1 Å². The molecule has 2 rings (SSSR count). The number of hydrogen-bond acceptors (Lipinski definition) is 2. The van der Waals surface area contributed by atoms with Crippen molar-refractivity contribution >= 4 is 17.5 Å². The number of carbonyl (C=O) groups excluding carboxylic acids is 1. The zero-order chi connectivity index (χ0) is 16.4. The second-order valence-electron chi connectivity index (χ2n) is 7.02. The summed E-state index contributed by atoms with van der Waals surface area (Å²) >= 11 is 5.88. The molecule has 0 aliphatic carbocycles. The average molecular weight is 328 g/mol. The van der Waals surface area contributed by atoms with Crippen LogP contribution < -0.4 is 0 Å². The van der Waals surface area contributed by atoms with Crippen LogP contribution in [0.1, 0.15) is 32.3 Å². The summed E-state index contributed by atoms with van der Waals surface area (Å²) in [4.78, 5) is 13.9. The normalized spacial score (nSPS) is 22.1. The molecule has 3 nitrogen and oxygen atoms in total. The van der Waals surface area contributed by atoms with E-state index in [0.29, 0.717) is 18.0 Å². The van der Waals surface area contributed by atoms with E-state index in [4.69, 9.17) is 16.7 Å². The molecule has 122 valence electrons. The number of aliphatic hydroxyl groups is 1. The third-order valence-corrected chi connectivity index (χ3v) is 4.42. The molecular weight excluding hydrogens is 305 g/mol. The van der Waals surface area contributed by atoms with Gasteiger partial charge in [0.15, 0.2) is 5.67 Å². The van der Waals surface area contributed by atoms with E-state index in [-0.39, 0.29) is 24.3 Å². The monoisotopic (exact) mass is 327 g/mol. The van der Waals surface area contributed by atoms with Crippen LogP contribution in [0.5, 0.6) is 0 Å². The number of rotatable bonds is 5. The summed E-state index contributed by atoms with van der Waals surface area (Å²) in [5, 5.41) is 9.74. The van der Waals surface area contributed by atoms with Crippen molar-refractivity contribution in [1.82, 2.24) is 4.90 Å². The molecule has 22 heavy (non-hydrogen) atoms. The summed E-state index contributed by atoms with van der Waals surface area (Å²) in [6, 6.07) is 7.60. The van der Waals surface area contributed by atoms with Gasteiger partial charge in [-0.1, -0.05) is 37.6 Å². The SMILES string of the molecule is CC(C)(CC(=O)N1CCC(F)(CO)C1)Cc1ccc(Cl)cc1. The van der Waals surface area contributed by atoms with Crippen LogP contribution in [-0.4, -0.2) is 41.3 Å². The van der Waals surface area contributed by atoms with Crippen LogP contribution >= 0.6 is 11.6 Å². The van der Waals surface area contributed by atoms with Gasteiger partial charge in [0.1, 0.15) is 0 Å². The molecule has 5 heteroatoms. The Hall–Kier alpha value is -1.13. The third kappa shape index (κ3) is 4.43. The van der Waals surface area contributed by atoms with Gasteiger partial charge in [-0.2, -0.15) is 0 Å². The van der Waals surface area contributed by atoms with Crippen LogP contribution in [0, 0.1) is 5.41 Å². The van der Waals surface area contributed by atoms with Gasteiger partial charge >= 0.3 is 0 Å². The van der Waals surface area contributed by atoms with Crippen LogP contribution in [0.2, 0.25) is 5.02 Å². The smallest absolute Gasteiger partial charge is 0.223 e. The summed E-state index contributed by atoms with van der Waals surface area (Å²) in [6.07, 6.45) is 1.33. The van der Waals surface area contributed by atoms with Crippen LogP contribution in [0.4, 0.5) is 4.39 Å². The molecule has 1 aliphatic heterocycles. The quantitative estimate of drug-likeness (QED) is 0.902. The molecule has 1 N–H and O–H groups in total. The largest absolute Gasteiger partial charge is 0.393 e. The lowest BCUT2D eigenvalue weighted by Crippen LogP contribution is -2.37. The molecule has 0 radical (unpaired) electrons. The van der Waals surface area contributed by atoms with Crippen LogP contribution in [0.15, 0.2) is 24.3 Å². The number of likely N-dealkylation sites (tertiary alicyclic amines) is 1. The highest BCUT2D eigenvalue weighted by atomic mass is 35.5. The predicted octanol–water partition coefficient (Wildman–Crippen LogP) is 3.23. The number of aliphatic hydroxyl groups excluding tert-OH is 1. The van der Waals surface area contributed by atoms with Crippen LogP contribution in [-0.2, 0) is 11.2 Å². The molecule has 1 saturated heterocycles. The Morgan fingerprint density at radius 1 is 1.41 bits per heavy atom. The Kier molecular flexibility index (Phi) is 5.13. The van der Waals surface area contributed by atoms with E-state index >= 15 is 0 Å². The zero-order valence-corrected chi connectivity index (χ0v) is 13.9. The fourth-order valence-electron chi connectivity index (χ4n) is 2.92. The highest BCUT2D eigenvalue weighted by Gasteiger charge is 2.40. The highest BCUT2D eigenvalue weighted by molar-refractivity contribution is 6.30. The Morgan fingerprint density at radius 2 is 2.05 bits per heavy atom. The second-order valence-corrected chi connectivity index (χ2v) is 7.45. The second kappa shape index (κ2) is 6.55. The van der Waals surface area contributed by atoms with Crippen molar-refractivity contribution in [3.05, 3.63) is 34.9 Å². The Bertz CT molecular complexity index is 532. The lowest BCUT2D eigenvalue weighted by molar-refractivity contribution is -0.132. The van der Waals surface area contributed by atoms with Gasteiger partial charge in [-0.3, -0.25) is 4.79 Å². The molecule has 1 atom stereocenters. The molecule has 1 aromatic rings. The van der Waals surface area contributed by atoms with Crippen molar-refractivity contribution in [3.8, 4) is 0 Å². The minimum absolute atomic E-state index is 0.000637. The van der Waals surface area contributed by atoms with Crippen molar-refractivity contribution in [2.75, 3.05) is 19.7 Å². The third-order valence-electron chi connectivity index (χ3n) is 4.17. The van der Waals surface area contributed by atoms with Gasteiger partial charge in [-0.15, -0.1) is 0 Å². The Balaban J connectivity index is 1.94. The predicted molar refractivity (Wildman–Crippen MR) is 85.7 cm³/mol. The van der Waals surface area contributed by atoms with Gasteiger partial charge in [0.25, 0.3) is 0 Å². The van der Waals surface area contributed by atoms with E-state index < -0.39 is 12.3 Å². The Morgan fingerprint density at radius 3 is 2.59 bits per heavy atom. The molecule has 0 saturated carbocycles. The van der Waals surface area contributed by atoms with E-state index in [0.717, 1.165) is 12.0 Å². The lowest BCUT2D eigenvalue weighted by atomic mass is 9.82. The van der Waals surface area contributed by atoms with Gasteiger partial charge < -0.3 is 10.0 Å². The van der Waals surface area contributed by atoms with Crippen molar-refractivity contribution in [2.45, 2.75) is 38.8 Å². The van der Waals surface area contributed by atoms with Gasteiger partial charge in [0, 0.05) is 24.4 Å². The number of hydrogen-bond donors (Lipinski definition) is 1. The van der Waals surface area contributed by atoms with Gasteiger partial charge in [0.2, 0.25) is 5.91 Å². The molecule has 1 fully saturated rings. The van der Waals surface area contributed by atoms with E-state index in [1.165, 1.54) is 4.90 Å². The Labute approximate surface area is 136 Å². The first-order valence-electron chi connectivity index (χ1n) is 7.55. The van der Waals surface area contributed by atoms with Gasteiger partial charge in [-0.05, 0) is 29.5 Å².